The fourth-order valence-corrected chi connectivity index (χ4v) is 4.86. The van der Waals surface area contributed by atoms with Crippen molar-refractivity contribution in [1.82, 2.24) is 5.16 Å². The minimum absolute atomic E-state index is 0.121. The Bertz CT molecular complexity index is 1410. The third-order valence-electron chi connectivity index (χ3n) is 7.01. The standard InChI is InChI=1S/C31H30F3NO4/c1-3-24(30(37)38)22-15-11-20(12-16-22)21-13-17-23(18-14-21)29-25(19(2)35-39-29)8-6-10-28(36)26-7-4-5-9-27(26)31(32,33)34/h4-5,7,9,11-18,24,28,36H,3,6,8,10H2,1-2H3,(H,37,38). The summed E-state index contributed by atoms with van der Waals surface area (Å²) in [4.78, 5) is 11.4. The number of aliphatic hydroxyl groups excluding tert-OH is 1. The number of benzene rings is 3. The summed E-state index contributed by atoms with van der Waals surface area (Å²) in [6, 6.07) is 20.3. The Morgan fingerprint density at radius 3 is 2.13 bits per heavy atom. The number of alkyl halides is 3. The Hall–Kier alpha value is -3.91. The molecule has 5 nitrogen and oxygen atoms in total. The summed E-state index contributed by atoms with van der Waals surface area (Å²) in [6.07, 6.45) is -4.15. The van der Waals surface area contributed by atoms with Gasteiger partial charge in [0.25, 0.3) is 0 Å². The minimum atomic E-state index is -4.53. The van der Waals surface area contributed by atoms with E-state index in [2.05, 4.69) is 5.16 Å². The van der Waals surface area contributed by atoms with Crippen molar-refractivity contribution in [2.45, 2.75) is 57.7 Å². The highest BCUT2D eigenvalue weighted by molar-refractivity contribution is 5.77. The number of carbonyl (C=O) groups is 1. The number of aryl methyl sites for hydroxylation is 1. The van der Waals surface area contributed by atoms with Gasteiger partial charge in [0.1, 0.15) is 0 Å². The second-order valence-corrected chi connectivity index (χ2v) is 9.57. The van der Waals surface area contributed by atoms with E-state index < -0.39 is 29.7 Å². The molecule has 0 bridgehead atoms. The molecule has 2 atom stereocenters. The van der Waals surface area contributed by atoms with Gasteiger partial charge in [-0.05, 0) is 60.9 Å². The topological polar surface area (TPSA) is 83.6 Å². The van der Waals surface area contributed by atoms with E-state index in [0.29, 0.717) is 30.7 Å². The summed E-state index contributed by atoms with van der Waals surface area (Å²) in [6.45, 7) is 3.66. The lowest BCUT2D eigenvalue weighted by Crippen LogP contribution is -2.12. The number of rotatable bonds is 10. The molecule has 4 rings (SSSR count). The molecule has 8 heteroatoms. The molecule has 0 aliphatic rings. The van der Waals surface area contributed by atoms with E-state index in [1.54, 1.807) is 0 Å². The molecule has 0 aliphatic carbocycles. The molecule has 3 aromatic carbocycles. The van der Waals surface area contributed by atoms with Crippen molar-refractivity contribution in [3.8, 4) is 22.5 Å². The normalized spacial score (nSPS) is 13.3. The van der Waals surface area contributed by atoms with Crippen molar-refractivity contribution in [1.29, 1.82) is 0 Å². The number of hydrogen-bond acceptors (Lipinski definition) is 4. The number of aliphatic carboxylic acids is 1. The molecular weight excluding hydrogens is 507 g/mol. The van der Waals surface area contributed by atoms with Crippen molar-refractivity contribution in [2.75, 3.05) is 0 Å². The first kappa shape index (κ1) is 28.1. The zero-order chi connectivity index (χ0) is 28.2. The molecule has 39 heavy (non-hydrogen) atoms. The number of nitrogens with zero attached hydrogens (tertiary/aromatic N) is 1. The summed E-state index contributed by atoms with van der Waals surface area (Å²) >= 11 is 0. The minimum Gasteiger partial charge on any atom is -0.481 e. The van der Waals surface area contributed by atoms with Crippen molar-refractivity contribution in [3.63, 3.8) is 0 Å². The van der Waals surface area contributed by atoms with Crippen molar-refractivity contribution in [2.24, 2.45) is 0 Å². The third-order valence-corrected chi connectivity index (χ3v) is 7.01. The van der Waals surface area contributed by atoms with Crippen LogP contribution in [0.2, 0.25) is 0 Å². The fraction of sp³-hybridized carbons (Fsp3) is 0.290. The smallest absolute Gasteiger partial charge is 0.416 e. The van der Waals surface area contributed by atoms with Crippen LogP contribution in [0.4, 0.5) is 13.2 Å². The van der Waals surface area contributed by atoms with Crippen LogP contribution in [0.25, 0.3) is 22.5 Å². The first-order valence-corrected chi connectivity index (χ1v) is 12.8. The summed E-state index contributed by atoms with van der Waals surface area (Å²) in [5.41, 5.74) is 4.09. The third kappa shape index (κ3) is 6.40. The average Bonchev–Trinajstić information content (AvgIpc) is 3.29. The van der Waals surface area contributed by atoms with Crippen LogP contribution in [0.1, 0.15) is 66.2 Å². The highest BCUT2D eigenvalue weighted by atomic mass is 19.4. The molecule has 2 unspecified atom stereocenters. The number of hydrogen-bond donors (Lipinski definition) is 2. The number of carboxylic acids is 1. The Balaban J connectivity index is 1.45. The van der Waals surface area contributed by atoms with Crippen molar-refractivity contribution in [3.05, 3.63) is 101 Å². The van der Waals surface area contributed by atoms with Gasteiger partial charge < -0.3 is 14.7 Å². The van der Waals surface area contributed by atoms with Gasteiger partial charge in [-0.15, -0.1) is 0 Å². The highest BCUT2D eigenvalue weighted by Gasteiger charge is 2.34. The van der Waals surface area contributed by atoms with Crippen LogP contribution >= 0.6 is 0 Å². The highest BCUT2D eigenvalue weighted by Crippen LogP contribution is 2.36. The number of aliphatic hydroxyl groups is 1. The molecule has 0 saturated heterocycles. The van der Waals surface area contributed by atoms with Gasteiger partial charge in [0, 0.05) is 11.1 Å². The van der Waals surface area contributed by atoms with Crippen LogP contribution in [0, 0.1) is 6.92 Å². The van der Waals surface area contributed by atoms with Gasteiger partial charge in [-0.2, -0.15) is 13.2 Å². The summed E-state index contributed by atoms with van der Waals surface area (Å²) in [5.74, 6) is -0.782. The molecule has 1 aromatic heterocycles. The van der Waals surface area contributed by atoms with E-state index in [4.69, 9.17) is 4.52 Å². The molecular formula is C31H30F3NO4. The predicted octanol–water partition coefficient (Wildman–Crippen LogP) is 7.97. The van der Waals surface area contributed by atoms with Crippen LogP contribution in [-0.2, 0) is 17.4 Å². The zero-order valence-corrected chi connectivity index (χ0v) is 21.7. The first-order valence-electron chi connectivity index (χ1n) is 12.8. The summed E-state index contributed by atoms with van der Waals surface area (Å²) in [5, 5.41) is 24.0. The van der Waals surface area contributed by atoms with Gasteiger partial charge in [-0.1, -0.05) is 78.8 Å². The lowest BCUT2D eigenvalue weighted by atomic mass is 9.93. The maximum Gasteiger partial charge on any atom is 0.416 e. The van der Waals surface area contributed by atoms with Gasteiger partial charge in [0.2, 0.25) is 0 Å². The quantitative estimate of drug-likeness (QED) is 0.214. The monoisotopic (exact) mass is 537 g/mol. The molecule has 0 saturated carbocycles. The Labute approximate surface area is 224 Å². The van der Waals surface area contributed by atoms with Gasteiger partial charge in [0.05, 0.1) is 23.3 Å². The molecule has 0 amide bonds. The lowest BCUT2D eigenvalue weighted by Gasteiger charge is -2.17. The van der Waals surface area contributed by atoms with E-state index >= 15 is 0 Å². The maximum absolute atomic E-state index is 13.3. The van der Waals surface area contributed by atoms with Crippen LogP contribution < -0.4 is 0 Å². The molecule has 0 aliphatic heterocycles. The SMILES string of the molecule is CCC(C(=O)O)c1ccc(-c2ccc(-c3onc(C)c3CCCC(O)c3ccccc3C(F)(F)F)cc2)cc1. The van der Waals surface area contributed by atoms with Crippen LogP contribution in [0.5, 0.6) is 0 Å². The van der Waals surface area contributed by atoms with E-state index in [1.165, 1.54) is 18.2 Å². The molecule has 1 heterocycles. The van der Waals surface area contributed by atoms with Crippen LogP contribution in [0.15, 0.2) is 77.3 Å². The molecule has 0 radical (unpaired) electrons. The second kappa shape index (κ2) is 11.9. The van der Waals surface area contributed by atoms with Crippen molar-refractivity contribution < 1.29 is 32.7 Å². The van der Waals surface area contributed by atoms with E-state index in [0.717, 1.165) is 33.9 Å². The van der Waals surface area contributed by atoms with Gasteiger partial charge in [0.15, 0.2) is 5.76 Å². The van der Waals surface area contributed by atoms with Gasteiger partial charge in [-0.25, -0.2) is 0 Å². The van der Waals surface area contributed by atoms with E-state index in [9.17, 15) is 28.2 Å². The molecule has 204 valence electrons. The summed E-state index contributed by atoms with van der Waals surface area (Å²) in [7, 11) is 0. The molecule has 2 N–H and O–H groups in total. The summed E-state index contributed by atoms with van der Waals surface area (Å²) < 4.78 is 45.6. The fourth-order valence-electron chi connectivity index (χ4n) is 4.86. The largest absolute Gasteiger partial charge is 0.481 e. The van der Waals surface area contributed by atoms with E-state index in [-0.39, 0.29) is 12.0 Å². The molecule has 4 aromatic rings. The van der Waals surface area contributed by atoms with E-state index in [1.807, 2.05) is 62.4 Å². The van der Waals surface area contributed by atoms with Crippen molar-refractivity contribution >= 4 is 5.97 Å². The van der Waals surface area contributed by atoms with Crippen LogP contribution in [-0.4, -0.2) is 21.3 Å². The average molecular weight is 538 g/mol. The van der Waals surface area contributed by atoms with Gasteiger partial charge in [-0.3, -0.25) is 4.79 Å². The maximum atomic E-state index is 13.3. The second-order valence-electron chi connectivity index (χ2n) is 9.57. The van der Waals surface area contributed by atoms with Gasteiger partial charge >= 0.3 is 12.1 Å². The Morgan fingerprint density at radius 2 is 1.54 bits per heavy atom. The number of aromatic nitrogens is 1. The Morgan fingerprint density at radius 1 is 0.949 bits per heavy atom. The van der Waals surface area contributed by atoms with Crippen LogP contribution in [0.3, 0.4) is 0 Å². The predicted molar refractivity (Wildman–Crippen MR) is 142 cm³/mol. The molecule has 0 fully saturated rings. The Kier molecular flexibility index (Phi) is 8.55. The molecule has 0 spiro atoms. The number of halogens is 3. The lowest BCUT2D eigenvalue weighted by molar-refractivity contribution is -0.140. The number of carboxylic acid groups (broad SMARTS) is 1. The first-order chi connectivity index (χ1) is 18.6. The zero-order valence-electron chi connectivity index (χ0n) is 21.7.